The molecule has 5 heteroatoms. The van der Waals surface area contributed by atoms with Gasteiger partial charge in [0.15, 0.2) is 0 Å². The molecule has 2 aromatic rings. The fraction of sp³-hybridized carbons (Fsp3) is 0.300. The molecule has 0 aliphatic rings. The van der Waals surface area contributed by atoms with Crippen molar-refractivity contribution in [2.45, 2.75) is 20.3 Å². The van der Waals surface area contributed by atoms with Crippen molar-refractivity contribution in [1.82, 2.24) is 4.90 Å². The van der Waals surface area contributed by atoms with E-state index in [0.29, 0.717) is 0 Å². The quantitative estimate of drug-likeness (QED) is 0.815. The van der Waals surface area contributed by atoms with E-state index >= 15 is 0 Å². The summed E-state index contributed by atoms with van der Waals surface area (Å²) in [6.45, 7) is 4.38. The van der Waals surface area contributed by atoms with Crippen molar-refractivity contribution in [2.24, 2.45) is 0 Å². The van der Waals surface area contributed by atoms with Crippen LogP contribution in [0.2, 0.25) is 0 Å². The van der Waals surface area contributed by atoms with Gasteiger partial charge < -0.3 is 10.6 Å². The fourth-order valence-corrected chi connectivity index (χ4v) is 2.41. The van der Waals surface area contributed by atoms with Gasteiger partial charge in [-0.05, 0) is 50.2 Å². The molecule has 5 nitrogen and oxygen atoms in total. The molecule has 0 heterocycles. The Balaban J connectivity index is 1.77. The standard InChI is InChI=1S/C20H25N3O2/c1-4-16-7-11-18(12-8-16)22-20(25)14-23(3)13-19(24)21-17-9-5-15(2)6-10-17/h5-12H,4,13-14H2,1-3H3,(H,21,24)(H,22,25). The van der Waals surface area contributed by atoms with Gasteiger partial charge in [-0.15, -0.1) is 0 Å². The Morgan fingerprint density at radius 1 is 0.840 bits per heavy atom. The van der Waals surface area contributed by atoms with E-state index in [1.54, 1.807) is 11.9 Å². The van der Waals surface area contributed by atoms with Gasteiger partial charge in [0.25, 0.3) is 0 Å². The van der Waals surface area contributed by atoms with Crippen LogP contribution in [0.4, 0.5) is 11.4 Å². The summed E-state index contributed by atoms with van der Waals surface area (Å²) < 4.78 is 0. The molecule has 0 saturated carbocycles. The van der Waals surface area contributed by atoms with Crippen LogP contribution in [-0.4, -0.2) is 36.9 Å². The lowest BCUT2D eigenvalue weighted by Gasteiger charge is -2.16. The number of hydrogen-bond acceptors (Lipinski definition) is 3. The van der Waals surface area contributed by atoms with Crippen molar-refractivity contribution >= 4 is 23.2 Å². The monoisotopic (exact) mass is 339 g/mol. The van der Waals surface area contributed by atoms with Crippen LogP contribution in [0.25, 0.3) is 0 Å². The molecule has 0 atom stereocenters. The number of aryl methyl sites for hydroxylation is 2. The first-order valence-corrected chi connectivity index (χ1v) is 8.40. The van der Waals surface area contributed by atoms with Crippen LogP contribution in [0.3, 0.4) is 0 Å². The molecule has 0 radical (unpaired) electrons. The third-order valence-electron chi connectivity index (χ3n) is 3.81. The number of likely N-dealkylation sites (N-methyl/N-ethyl adjacent to an activating group) is 1. The summed E-state index contributed by atoms with van der Waals surface area (Å²) in [5.74, 6) is -0.290. The number of anilines is 2. The van der Waals surface area contributed by atoms with E-state index in [-0.39, 0.29) is 24.9 Å². The van der Waals surface area contributed by atoms with Crippen LogP contribution >= 0.6 is 0 Å². The molecule has 2 N–H and O–H groups in total. The van der Waals surface area contributed by atoms with Crippen molar-refractivity contribution in [1.29, 1.82) is 0 Å². The maximum Gasteiger partial charge on any atom is 0.238 e. The lowest BCUT2D eigenvalue weighted by Crippen LogP contribution is -2.36. The van der Waals surface area contributed by atoms with Crippen molar-refractivity contribution < 1.29 is 9.59 Å². The van der Waals surface area contributed by atoms with Crippen molar-refractivity contribution in [2.75, 3.05) is 30.8 Å². The van der Waals surface area contributed by atoms with Gasteiger partial charge in [-0.25, -0.2) is 0 Å². The molecule has 25 heavy (non-hydrogen) atoms. The van der Waals surface area contributed by atoms with Gasteiger partial charge in [0, 0.05) is 11.4 Å². The Kier molecular flexibility index (Phi) is 6.71. The van der Waals surface area contributed by atoms with Crippen molar-refractivity contribution in [3.63, 3.8) is 0 Å². The molecule has 0 unspecified atom stereocenters. The number of benzene rings is 2. The largest absolute Gasteiger partial charge is 0.325 e. The van der Waals surface area contributed by atoms with Crippen LogP contribution in [0.5, 0.6) is 0 Å². The zero-order valence-corrected chi connectivity index (χ0v) is 15.0. The van der Waals surface area contributed by atoms with E-state index < -0.39 is 0 Å². The third kappa shape index (κ3) is 6.39. The number of nitrogens with one attached hydrogen (secondary N) is 2. The van der Waals surface area contributed by atoms with Gasteiger partial charge in [0.05, 0.1) is 13.1 Å². The fourth-order valence-electron chi connectivity index (χ4n) is 2.41. The van der Waals surface area contributed by atoms with E-state index in [9.17, 15) is 9.59 Å². The molecule has 2 rings (SSSR count). The molecule has 0 spiro atoms. The third-order valence-corrected chi connectivity index (χ3v) is 3.81. The molecular weight excluding hydrogens is 314 g/mol. The minimum Gasteiger partial charge on any atom is -0.325 e. The Morgan fingerprint density at radius 3 is 1.72 bits per heavy atom. The molecule has 0 bridgehead atoms. The molecule has 2 amide bonds. The highest BCUT2D eigenvalue weighted by atomic mass is 16.2. The second kappa shape index (κ2) is 8.99. The Hall–Kier alpha value is -2.66. The van der Waals surface area contributed by atoms with Gasteiger partial charge in [-0.3, -0.25) is 14.5 Å². The summed E-state index contributed by atoms with van der Waals surface area (Å²) in [6, 6.07) is 15.4. The molecule has 0 saturated heterocycles. The highest BCUT2D eigenvalue weighted by molar-refractivity contribution is 5.94. The Bertz CT molecular complexity index is 709. The number of carbonyl (C=O) groups is 2. The van der Waals surface area contributed by atoms with Gasteiger partial charge in [0.1, 0.15) is 0 Å². The maximum absolute atomic E-state index is 12.1. The minimum atomic E-state index is -0.147. The molecule has 0 aromatic heterocycles. The number of hydrogen-bond donors (Lipinski definition) is 2. The van der Waals surface area contributed by atoms with E-state index in [2.05, 4.69) is 17.6 Å². The highest BCUT2D eigenvalue weighted by Crippen LogP contribution is 2.10. The topological polar surface area (TPSA) is 61.4 Å². The Morgan fingerprint density at radius 2 is 1.28 bits per heavy atom. The molecule has 0 aliphatic carbocycles. The summed E-state index contributed by atoms with van der Waals surface area (Å²) in [6.07, 6.45) is 0.965. The van der Waals surface area contributed by atoms with Crippen LogP contribution in [0.1, 0.15) is 18.1 Å². The average Bonchev–Trinajstić information content (AvgIpc) is 2.57. The second-order valence-corrected chi connectivity index (χ2v) is 6.19. The predicted octanol–water partition coefficient (Wildman–Crippen LogP) is 3.07. The normalized spacial score (nSPS) is 10.6. The van der Waals surface area contributed by atoms with Crippen LogP contribution < -0.4 is 10.6 Å². The van der Waals surface area contributed by atoms with Crippen molar-refractivity contribution in [3.8, 4) is 0 Å². The van der Waals surface area contributed by atoms with E-state index in [4.69, 9.17) is 0 Å². The first kappa shape index (κ1) is 18.7. The lowest BCUT2D eigenvalue weighted by molar-refractivity contribution is -0.119. The van der Waals surface area contributed by atoms with Gasteiger partial charge >= 0.3 is 0 Å². The number of carbonyl (C=O) groups excluding carboxylic acids is 2. The molecule has 2 aromatic carbocycles. The number of amides is 2. The van der Waals surface area contributed by atoms with Crippen LogP contribution in [0.15, 0.2) is 48.5 Å². The first-order chi connectivity index (χ1) is 12.0. The van der Waals surface area contributed by atoms with Gasteiger partial charge in [-0.1, -0.05) is 36.8 Å². The minimum absolute atomic E-state index is 0.144. The maximum atomic E-state index is 12.1. The summed E-state index contributed by atoms with van der Waals surface area (Å²) in [7, 11) is 1.74. The zero-order chi connectivity index (χ0) is 18.2. The molecule has 0 fully saturated rings. The molecule has 0 aliphatic heterocycles. The summed E-state index contributed by atoms with van der Waals surface area (Å²) >= 11 is 0. The molecular formula is C20H25N3O2. The van der Waals surface area contributed by atoms with Crippen LogP contribution in [-0.2, 0) is 16.0 Å². The predicted molar refractivity (Wildman–Crippen MR) is 102 cm³/mol. The zero-order valence-electron chi connectivity index (χ0n) is 15.0. The van der Waals surface area contributed by atoms with Crippen molar-refractivity contribution in [3.05, 3.63) is 59.7 Å². The number of rotatable bonds is 7. The van der Waals surface area contributed by atoms with Gasteiger partial charge in [-0.2, -0.15) is 0 Å². The second-order valence-electron chi connectivity index (χ2n) is 6.19. The number of nitrogens with zero attached hydrogens (tertiary/aromatic N) is 1. The van der Waals surface area contributed by atoms with Crippen LogP contribution in [0, 0.1) is 6.92 Å². The van der Waals surface area contributed by atoms with E-state index in [1.165, 1.54) is 5.56 Å². The molecule has 132 valence electrons. The summed E-state index contributed by atoms with van der Waals surface area (Å²) in [5, 5.41) is 5.66. The van der Waals surface area contributed by atoms with E-state index in [0.717, 1.165) is 23.4 Å². The van der Waals surface area contributed by atoms with E-state index in [1.807, 2.05) is 55.5 Å². The SMILES string of the molecule is CCc1ccc(NC(=O)CN(C)CC(=O)Nc2ccc(C)cc2)cc1. The lowest BCUT2D eigenvalue weighted by atomic mass is 10.1. The van der Waals surface area contributed by atoms with Gasteiger partial charge in [0.2, 0.25) is 11.8 Å². The highest BCUT2D eigenvalue weighted by Gasteiger charge is 2.11. The average molecular weight is 339 g/mol. The smallest absolute Gasteiger partial charge is 0.238 e. The first-order valence-electron chi connectivity index (χ1n) is 8.40. The summed E-state index contributed by atoms with van der Waals surface area (Å²) in [4.78, 5) is 25.8. The Labute approximate surface area is 149 Å². The summed E-state index contributed by atoms with van der Waals surface area (Å²) in [5.41, 5.74) is 3.88.